The highest BCUT2D eigenvalue weighted by Crippen LogP contribution is 2.34. The zero-order valence-electron chi connectivity index (χ0n) is 10.4. The third-order valence-corrected chi connectivity index (χ3v) is 2.35. The van der Waals surface area contributed by atoms with Crippen LogP contribution < -0.4 is 14.8 Å². The van der Waals surface area contributed by atoms with Gasteiger partial charge in [0.2, 0.25) is 5.91 Å². The van der Waals surface area contributed by atoms with Crippen LogP contribution in [-0.2, 0) is 9.59 Å². The highest BCUT2D eigenvalue weighted by atomic mass is 16.5. The third kappa shape index (κ3) is 2.91. The molecule has 1 aromatic carbocycles. The number of aliphatic carboxylic acids is 1. The minimum absolute atomic E-state index is 0.283. The first kappa shape index (κ1) is 13.8. The Morgan fingerprint density at radius 3 is 2.06 bits per heavy atom. The van der Waals surface area contributed by atoms with Crippen LogP contribution in [0.1, 0.15) is 18.5 Å². The molecule has 0 aliphatic rings. The van der Waals surface area contributed by atoms with E-state index >= 15 is 0 Å². The second-order valence-electron chi connectivity index (χ2n) is 3.55. The Balaban J connectivity index is 3.32. The number of carbonyl (C=O) groups is 2. The van der Waals surface area contributed by atoms with E-state index in [0.29, 0.717) is 11.5 Å². The van der Waals surface area contributed by atoms with Crippen LogP contribution in [-0.4, -0.2) is 31.2 Å². The van der Waals surface area contributed by atoms with E-state index in [1.54, 1.807) is 18.2 Å². The van der Waals surface area contributed by atoms with Gasteiger partial charge in [0.25, 0.3) is 0 Å². The molecule has 0 heterocycles. The lowest BCUT2D eigenvalue weighted by molar-refractivity contribution is -0.141. The predicted molar refractivity (Wildman–Crippen MR) is 63.7 cm³/mol. The van der Waals surface area contributed by atoms with Crippen molar-refractivity contribution in [3.8, 4) is 11.5 Å². The molecule has 1 unspecified atom stereocenters. The molecule has 0 fully saturated rings. The SMILES string of the molecule is COc1cccc(OC)c1C(NC(C)=O)C(=O)O. The fourth-order valence-corrected chi connectivity index (χ4v) is 1.63. The van der Waals surface area contributed by atoms with E-state index < -0.39 is 17.9 Å². The monoisotopic (exact) mass is 253 g/mol. The van der Waals surface area contributed by atoms with Gasteiger partial charge in [-0.2, -0.15) is 0 Å². The Morgan fingerprint density at radius 2 is 1.72 bits per heavy atom. The largest absolute Gasteiger partial charge is 0.496 e. The van der Waals surface area contributed by atoms with E-state index in [1.165, 1.54) is 21.1 Å². The zero-order valence-corrected chi connectivity index (χ0v) is 10.4. The van der Waals surface area contributed by atoms with Gasteiger partial charge in [0.05, 0.1) is 19.8 Å². The molecule has 1 amide bonds. The fourth-order valence-electron chi connectivity index (χ4n) is 1.63. The van der Waals surface area contributed by atoms with Gasteiger partial charge in [-0.3, -0.25) is 4.79 Å². The molecule has 1 atom stereocenters. The second kappa shape index (κ2) is 5.90. The van der Waals surface area contributed by atoms with Crippen LogP contribution in [0.4, 0.5) is 0 Å². The molecule has 2 N–H and O–H groups in total. The average Bonchev–Trinajstić information content (AvgIpc) is 2.34. The van der Waals surface area contributed by atoms with E-state index in [9.17, 15) is 14.7 Å². The van der Waals surface area contributed by atoms with Crippen LogP contribution in [0.15, 0.2) is 18.2 Å². The molecular weight excluding hydrogens is 238 g/mol. The normalized spacial score (nSPS) is 11.5. The fraction of sp³-hybridized carbons (Fsp3) is 0.333. The van der Waals surface area contributed by atoms with Gasteiger partial charge >= 0.3 is 5.97 Å². The molecule has 0 saturated carbocycles. The number of methoxy groups -OCH3 is 2. The minimum Gasteiger partial charge on any atom is -0.496 e. The lowest BCUT2D eigenvalue weighted by Crippen LogP contribution is -2.32. The first-order chi connectivity index (χ1) is 8.51. The van der Waals surface area contributed by atoms with Crippen LogP contribution in [0.3, 0.4) is 0 Å². The number of ether oxygens (including phenoxy) is 2. The summed E-state index contributed by atoms with van der Waals surface area (Å²) in [6.07, 6.45) is 0. The van der Waals surface area contributed by atoms with Gasteiger partial charge < -0.3 is 19.9 Å². The summed E-state index contributed by atoms with van der Waals surface area (Å²) in [6, 6.07) is 3.67. The molecule has 0 aromatic heterocycles. The molecule has 0 aliphatic heterocycles. The van der Waals surface area contributed by atoms with Crippen molar-refractivity contribution in [3.63, 3.8) is 0 Å². The van der Waals surface area contributed by atoms with E-state index in [0.717, 1.165) is 0 Å². The third-order valence-electron chi connectivity index (χ3n) is 2.35. The first-order valence-corrected chi connectivity index (χ1v) is 5.22. The van der Waals surface area contributed by atoms with E-state index in [-0.39, 0.29) is 5.56 Å². The smallest absolute Gasteiger partial charge is 0.331 e. The molecule has 6 nitrogen and oxygen atoms in total. The molecule has 0 saturated heterocycles. The van der Waals surface area contributed by atoms with Crippen molar-refractivity contribution < 1.29 is 24.2 Å². The maximum atomic E-state index is 11.2. The standard InChI is InChI=1S/C12H15NO5/c1-7(14)13-11(12(15)16)10-8(17-2)5-4-6-9(10)18-3/h4-6,11H,1-3H3,(H,13,14)(H,15,16). The van der Waals surface area contributed by atoms with Crippen molar-refractivity contribution in [1.29, 1.82) is 0 Å². The van der Waals surface area contributed by atoms with Crippen molar-refractivity contribution in [3.05, 3.63) is 23.8 Å². The number of hydrogen-bond acceptors (Lipinski definition) is 4. The molecular formula is C12H15NO5. The van der Waals surface area contributed by atoms with Gasteiger partial charge in [0, 0.05) is 6.92 Å². The van der Waals surface area contributed by atoms with Crippen molar-refractivity contribution in [2.75, 3.05) is 14.2 Å². The second-order valence-corrected chi connectivity index (χ2v) is 3.55. The molecule has 98 valence electrons. The zero-order chi connectivity index (χ0) is 13.7. The number of amides is 1. The summed E-state index contributed by atoms with van der Waals surface area (Å²) in [7, 11) is 2.84. The first-order valence-electron chi connectivity index (χ1n) is 5.22. The summed E-state index contributed by atoms with van der Waals surface area (Å²) in [6.45, 7) is 1.25. The number of carboxylic acid groups (broad SMARTS) is 1. The number of carboxylic acids is 1. The lowest BCUT2D eigenvalue weighted by Gasteiger charge is -2.19. The van der Waals surface area contributed by atoms with Crippen molar-refractivity contribution in [2.24, 2.45) is 0 Å². The van der Waals surface area contributed by atoms with Crippen LogP contribution in [0.25, 0.3) is 0 Å². The number of nitrogens with one attached hydrogen (secondary N) is 1. The van der Waals surface area contributed by atoms with Crippen LogP contribution in [0.5, 0.6) is 11.5 Å². The molecule has 1 aromatic rings. The molecule has 6 heteroatoms. The number of hydrogen-bond donors (Lipinski definition) is 2. The van der Waals surface area contributed by atoms with Crippen molar-refractivity contribution in [1.82, 2.24) is 5.32 Å². The summed E-state index contributed by atoms with van der Waals surface area (Å²) >= 11 is 0. The molecule has 18 heavy (non-hydrogen) atoms. The van der Waals surface area contributed by atoms with Gasteiger partial charge in [-0.1, -0.05) is 6.07 Å². The van der Waals surface area contributed by atoms with Crippen LogP contribution in [0.2, 0.25) is 0 Å². The molecule has 0 bridgehead atoms. The summed E-state index contributed by atoms with van der Waals surface area (Å²) in [4.78, 5) is 22.3. The van der Waals surface area contributed by atoms with Gasteiger partial charge in [-0.25, -0.2) is 4.79 Å². The topological polar surface area (TPSA) is 84.9 Å². The highest BCUT2D eigenvalue weighted by molar-refractivity contribution is 5.84. The Morgan fingerprint density at radius 1 is 1.22 bits per heavy atom. The van der Waals surface area contributed by atoms with Gasteiger partial charge in [-0.05, 0) is 12.1 Å². The maximum Gasteiger partial charge on any atom is 0.331 e. The van der Waals surface area contributed by atoms with Crippen molar-refractivity contribution >= 4 is 11.9 Å². The van der Waals surface area contributed by atoms with E-state index in [2.05, 4.69) is 5.32 Å². The molecule has 0 aliphatic carbocycles. The Bertz CT molecular complexity index is 436. The van der Waals surface area contributed by atoms with E-state index in [1.807, 2.05) is 0 Å². The van der Waals surface area contributed by atoms with Crippen LogP contribution in [0, 0.1) is 0 Å². The highest BCUT2D eigenvalue weighted by Gasteiger charge is 2.27. The summed E-state index contributed by atoms with van der Waals surface area (Å²) in [5.41, 5.74) is 0.283. The van der Waals surface area contributed by atoms with E-state index in [4.69, 9.17) is 9.47 Å². The predicted octanol–water partition coefficient (Wildman–Crippen LogP) is 0.966. The number of carbonyl (C=O) groups excluding carboxylic acids is 1. The quantitative estimate of drug-likeness (QED) is 0.816. The van der Waals surface area contributed by atoms with Crippen LogP contribution >= 0.6 is 0 Å². The Kier molecular flexibility index (Phi) is 4.53. The number of benzene rings is 1. The summed E-state index contributed by atoms with van der Waals surface area (Å²) in [5, 5.41) is 11.5. The minimum atomic E-state index is -1.21. The molecule has 0 spiro atoms. The van der Waals surface area contributed by atoms with Crippen molar-refractivity contribution in [2.45, 2.75) is 13.0 Å². The van der Waals surface area contributed by atoms with Gasteiger partial charge in [-0.15, -0.1) is 0 Å². The number of rotatable bonds is 5. The average molecular weight is 253 g/mol. The summed E-state index contributed by atoms with van der Waals surface area (Å²) < 4.78 is 10.2. The maximum absolute atomic E-state index is 11.2. The Labute approximate surface area is 105 Å². The Hall–Kier alpha value is -2.24. The molecule has 0 radical (unpaired) electrons. The van der Waals surface area contributed by atoms with Gasteiger partial charge in [0.15, 0.2) is 6.04 Å². The summed E-state index contributed by atoms with van der Waals surface area (Å²) in [5.74, 6) is -0.950. The molecule has 1 rings (SSSR count). The van der Waals surface area contributed by atoms with Gasteiger partial charge in [0.1, 0.15) is 11.5 Å². The lowest BCUT2D eigenvalue weighted by atomic mass is 10.0.